The Morgan fingerprint density at radius 1 is 1.23 bits per heavy atom. The first-order chi connectivity index (χ1) is 12.4. The van der Waals surface area contributed by atoms with Crippen LogP contribution in [0.5, 0.6) is 0 Å². The molecular formula is C20H20ClN3O2. The first-order valence-corrected chi connectivity index (χ1v) is 8.84. The normalized spacial score (nSPS) is 12.2. The van der Waals surface area contributed by atoms with E-state index in [0.29, 0.717) is 27.3 Å². The molecule has 0 aliphatic rings. The molecule has 26 heavy (non-hydrogen) atoms. The summed E-state index contributed by atoms with van der Waals surface area (Å²) >= 11 is 6.01. The zero-order valence-electron chi connectivity index (χ0n) is 14.9. The molecule has 1 heterocycles. The summed E-state index contributed by atoms with van der Waals surface area (Å²) in [5, 5.41) is 3.91. The third-order valence-corrected chi connectivity index (χ3v) is 4.67. The summed E-state index contributed by atoms with van der Waals surface area (Å²) in [5.41, 5.74) is 2.09. The van der Waals surface area contributed by atoms with E-state index in [9.17, 15) is 9.59 Å². The van der Waals surface area contributed by atoms with Gasteiger partial charge in [-0.15, -0.1) is 0 Å². The SMILES string of the molecule is CCc1ccc(C(=O)N[C@H](C)c2nc3cc(Cl)ccc3c(=O)n2C)cc1. The third kappa shape index (κ3) is 3.48. The lowest BCUT2D eigenvalue weighted by Crippen LogP contribution is -2.32. The Labute approximate surface area is 156 Å². The predicted octanol–water partition coefficient (Wildman–Crippen LogP) is 3.64. The molecule has 0 fully saturated rings. The lowest BCUT2D eigenvalue weighted by molar-refractivity contribution is 0.0937. The average Bonchev–Trinajstić information content (AvgIpc) is 2.64. The molecule has 3 aromatic rings. The van der Waals surface area contributed by atoms with Crippen molar-refractivity contribution in [3.05, 3.63) is 74.8 Å². The van der Waals surface area contributed by atoms with Gasteiger partial charge in [0, 0.05) is 17.6 Å². The molecule has 0 radical (unpaired) electrons. The van der Waals surface area contributed by atoms with Gasteiger partial charge in [0.05, 0.1) is 16.9 Å². The number of rotatable bonds is 4. The maximum Gasteiger partial charge on any atom is 0.261 e. The van der Waals surface area contributed by atoms with E-state index < -0.39 is 6.04 Å². The third-order valence-electron chi connectivity index (χ3n) is 4.43. The van der Waals surface area contributed by atoms with Crippen LogP contribution in [0.15, 0.2) is 47.3 Å². The van der Waals surface area contributed by atoms with Crippen LogP contribution in [-0.4, -0.2) is 15.5 Å². The summed E-state index contributed by atoms with van der Waals surface area (Å²) in [5.74, 6) is 0.267. The summed E-state index contributed by atoms with van der Waals surface area (Å²) in [6.45, 7) is 3.87. The van der Waals surface area contributed by atoms with Crippen molar-refractivity contribution in [3.8, 4) is 0 Å². The highest BCUT2D eigenvalue weighted by Gasteiger charge is 2.17. The topological polar surface area (TPSA) is 64.0 Å². The highest BCUT2D eigenvalue weighted by molar-refractivity contribution is 6.31. The van der Waals surface area contributed by atoms with E-state index in [1.807, 2.05) is 12.1 Å². The Balaban J connectivity index is 1.91. The quantitative estimate of drug-likeness (QED) is 0.763. The lowest BCUT2D eigenvalue weighted by atomic mass is 10.1. The van der Waals surface area contributed by atoms with Crippen LogP contribution in [0.3, 0.4) is 0 Å². The fraction of sp³-hybridized carbons (Fsp3) is 0.250. The first kappa shape index (κ1) is 18.1. The second kappa shape index (κ2) is 7.30. The average molecular weight is 370 g/mol. The van der Waals surface area contributed by atoms with Crippen molar-refractivity contribution >= 4 is 28.4 Å². The second-order valence-electron chi connectivity index (χ2n) is 6.24. The van der Waals surface area contributed by atoms with Crippen molar-refractivity contribution in [2.24, 2.45) is 7.05 Å². The van der Waals surface area contributed by atoms with Crippen molar-refractivity contribution in [1.29, 1.82) is 0 Å². The minimum Gasteiger partial charge on any atom is -0.342 e. The molecule has 0 bridgehead atoms. The highest BCUT2D eigenvalue weighted by Crippen LogP contribution is 2.18. The van der Waals surface area contributed by atoms with Crippen LogP contribution in [0.25, 0.3) is 10.9 Å². The maximum absolute atomic E-state index is 12.6. The number of hydrogen-bond acceptors (Lipinski definition) is 3. The predicted molar refractivity (Wildman–Crippen MR) is 104 cm³/mol. The van der Waals surface area contributed by atoms with Gasteiger partial charge in [-0.25, -0.2) is 4.98 Å². The molecule has 0 aliphatic heterocycles. The molecule has 0 aliphatic carbocycles. The summed E-state index contributed by atoms with van der Waals surface area (Å²) in [6.07, 6.45) is 0.921. The Morgan fingerprint density at radius 2 is 1.92 bits per heavy atom. The van der Waals surface area contributed by atoms with Crippen LogP contribution >= 0.6 is 11.6 Å². The molecule has 6 heteroatoms. The Kier molecular flexibility index (Phi) is 5.09. The zero-order chi connectivity index (χ0) is 18.8. The van der Waals surface area contributed by atoms with Gasteiger partial charge in [0.25, 0.3) is 11.5 Å². The van der Waals surface area contributed by atoms with Gasteiger partial charge < -0.3 is 5.32 Å². The minimum absolute atomic E-state index is 0.171. The molecular weight excluding hydrogens is 350 g/mol. The number of fused-ring (bicyclic) bond motifs is 1. The molecule has 1 amide bonds. The molecule has 2 aromatic carbocycles. The lowest BCUT2D eigenvalue weighted by Gasteiger charge is -2.17. The monoisotopic (exact) mass is 369 g/mol. The van der Waals surface area contributed by atoms with Crippen LogP contribution in [0.4, 0.5) is 0 Å². The van der Waals surface area contributed by atoms with E-state index in [1.54, 1.807) is 44.3 Å². The van der Waals surface area contributed by atoms with E-state index in [4.69, 9.17) is 11.6 Å². The highest BCUT2D eigenvalue weighted by atomic mass is 35.5. The summed E-state index contributed by atoms with van der Waals surface area (Å²) in [6, 6.07) is 12.0. The number of carbonyl (C=O) groups excluding carboxylic acids is 1. The van der Waals surface area contributed by atoms with Crippen molar-refractivity contribution in [3.63, 3.8) is 0 Å². The molecule has 0 saturated heterocycles. The molecule has 0 saturated carbocycles. The molecule has 0 unspecified atom stereocenters. The van der Waals surface area contributed by atoms with Gasteiger partial charge in [-0.2, -0.15) is 0 Å². The van der Waals surface area contributed by atoms with E-state index in [-0.39, 0.29) is 11.5 Å². The van der Waals surface area contributed by atoms with Gasteiger partial charge >= 0.3 is 0 Å². The molecule has 1 aromatic heterocycles. The summed E-state index contributed by atoms with van der Waals surface area (Å²) in [4.78, 5) is 29.6. The van der Waals surface area contributed by atoms with Gasteiger partial charge in [-0.1, -0.05) is 30.7 Å². The van der Waals surface area contributed by atoms with Crippen LogP contribution in [-0.2, 0) is 13.5 Å². The maximum atomic E-state index is 12.6. The number of benzene rings is 2. The van der Waals surface area contributed by atoms with Crippen LogP contribution in [0, 0.1) is 0 Å². The van der Waals surface area contributed by atoms with Crippen LogP contribution in [0.2, 0.25) is 5.02 Å². The number of nitrogens with one attached hydrogen (secondary N) is 1. The van der Waals surface area contributed by atoms with Crippen molar-refractivity contribution in [1.82, 2.24) is 14.9 Å². The molecule has 3 rings (SSSR count). The Morgan fingerprint density at radius 3 is 2.58 bits per heavy atom. The van der Waals surface area contributed by atoms with Gasteiger partial charge in [-0.05, 0) is 49.2 Å². The Bertz CT molecular complexity index is 1030. The summed E-state index contributed by atoms with van der Waals surface area (Å²) in [7, 11) is 1.65. The molecule has 134 valence electrons. The minimum atomic E-state index is -0.436. The fourth-order valence-electron chi connectivity index (χ4n) is 2.88. The number of nitrogens with zero attached hydrogens (tertiary/aromatic N) is 2. The van der Waals surface area contributed by atoms with Crippen LogP contribution in [0.1, 0.15) is 41.6 Å². The fourth-order valence-corrected chi connectivity index (χ4v) is 3.05. The number of hydrogen-bond donors (Lipinski definition) is 1. The molecule has 1 atom stereocenters. The number of aryl methyl sites for hydroxylation is 1. The van der Waals surface area contributed by atoms with E-state index in [0.717, 1.165) is 6.42 Å². The van der Waals surface area contributed by atoms with E-state index in [1.165, 1.54) is 10.1 Å². The number of aromatic nitrogens is 2. The van der Waals surface area contributed by atoms with Gasteiger partial charge in [-0.3, -0.25) is 14.2 Å². The standard InChI is InChI=1S/C20H20ClN3O2/c1-4-13-5-7-14(8-6-13)19(25)22-12(2)18-23-17-11-15(21)9-10-16(17)20(26)24(18)3/h5-12H,4H2,1-3H3,(H,22,25)/t12-/m1/s1. The van der Waals surface area contributed by atoms with Gasteiger partial charge in [0.1, 0.15) is 5.82 Å². The molecule has 5 nitrogen and oxygen atoms in total. The molecule has 1 N–H and O–H groups in total. The van der Waals surface area contributed by atoms with Crippen molar-refractivity contribution < 1.29 is 4.79 Å². The van der Waals surface area contributed by atoms with E-state index in [2.05, 4.69) is 17.2 Å². The Hall–Kier alpha value is -2.66. The zero-order valence-corrected chi connectivity index (χ0v) is 15.7. The number of amides is 1. The van der Waals surface area contributed by atoms with Gasteiger partial charge in [0.2, 0.25) is 0 Å². The van der Waals surface area contributed by atoms with Gasteiger partial charge in [0.15, 0.2) is 0 Å². The van der Waals surface area contributed by atoms with E-state index >= 15 is 0 Å². The smallest absolute Gasteiger partial charge is 0.261 e. The molecule has 0 spiro atoms. The largest absolute Gasteiger partial charge is 0.342 e. The number of carbonyl (C=O) groups is 1. The van der Waals surface area contributed by atoms with Crippen LogP contribution < -0.4 is 10.9 Å². The number of halogens is 1. The second-order valence-corrected chi connectivity index (χ2v) is 6.68. The summed E-state index contributed by atoms with van der Waals surface area (Å²) < 4.78 is 1.46. The van der Waals surface area contributed by atoms with Crippen molar-refractivity contribution in [2.75, 3.05) is 0 Å². The first-order valence-electron chi connectivity index (χ1n) is 8.46. The van der Waals surface area contributed by atoms with Crippen molar-refractivity contribution in [2.45, 2.75) is 26.3 Å².